The molecule has 1 N–H and O–H groups in total. The van der Waals surface area contributed by atoms with Crippen molar-refractivity contribution in [2.45, 2.75) is 6.42 Å². The molecule has 0 spiro atoms. The van der Waals surface area contributed by atoms with E-state index < -0.39 is 11.9 Å². The summed E-state index contributed by atoms with van der Waals surface area (Å²) < 4.78 is 1.08. The minimum absolute atomic E-state index is 0. The number of carbonyl (C=O) groups excluding carboxylic acids is 1. The molecule has 1 unspecified atom stereocenters. The summed E-state index contributed by atoms with van der Waals surface area (Å²) in [6, 6.07) is 7.80. The third-order valence-electron chi connectivity index (χ3n) is 3.53. The number of rotatable bonds is 3. The van der Waals surface area contributed by atoms with E-state index in [1.165, 1.54) is 17.4 Å². The average molecular weight is 375 g/mol. The maximum atomic E-state index is 12.0. The first-order chi connectivity index (χ1) is 10.1. The lowest BCUT2D eigenvalue weighted by molar-refractivity contribution is -0.141. The fraction of sp³-hybridized carbons (Fsp3) is 0.267. The Morgan fingerprint density at radius 3 is 2.70 bits per heavy atom. The van der Waals surface area contributed by atoms with Gasteiger partial charge in [-0.3, -0.25) is 9.59 Å². The van der Waals surface area contributed by atoms with Crippen molar-refractivity contribution < 1.29 is 14.7 Å². The number of aromatic nitrogens is 1. The number of likely N-dealkylation sites (tertiary alicyclic amines) is 1. The Morgan fingerprint density at radius 2 is 2.04 bits per heavy atom. The van der Waals surface area contributed by atoms with Gasteiger partial charge in [0.05, 0.1) is 16.1 Å². The van der Waals surface area contributed by atoms with Crippen LogP contribution in [0.1, 0.15) is 11.4 Å². The van der Waals surface area contributed by atoms with Crippen LogP contribution in [-0.4, -0.2) is 40.0 Å². The summed E-state index contributed by atoms with van der Waals surface area (Å²) in [4.78, 5) is 28.9. The Balaban J connectivity index is 0.00000132. The Bertz CT molecular complexity index is 699. The molecule has 1 saturated heterocycles. The van der Waals surface area contributed by atoms with Gasteiger partial charge >= 0.3 is 5.97 Å². The fourth-order valence-corrected chi connectivity index (χ4v) is 3.24. The van der Waals surface area contributed by atoms with E-state index in [-0.39, 0.29) is 30.7 Å². The highest BCUT2D eigenvalue weighted by atomic mass is 35.5. The number of hydrogen-bond acceptors (Lipinski definition) is 4. The molecular formula is C15H16Cl2N2O3S. The normalized spacial score (nSPS) is 17.0. The summed E-state index contributed by atoms with van der Waals surface area (Å²) in [6.07, 6.45) is 3.69. The van der Waals surface area contributed by atoms with Crippen molar-refractivity contribution in [2.24, 2.45) is 5.92 Å². The smallest absolute Gasteiger partial charge is 0.308 e. The number of thiazole rings is 1. The van der Waals surface area contributed by atoms with Gasteiger partial charge in [0.2, 0.25) is 5.91 Å². The molecule has 2 heterocycles. The molecule has 5 nitrogen and oxygen atoms in total. The fourth-order valence-electron chi connectivity index (χ4n) is 2.37. The van der Waals surface area contributed by atoms with E-state index in [0.29, 0.717) is 19.5 Å². The number of para-hydroxylation sites is 1. The molecule has 0 bridgehead atoms. The van der Waals surface area contributed by atoms with Crippen LogP contribution in [0.3, 0.4) is 0 Å². The number of hydrogen-bond donors (Lipinski definition) is 1. The molecule has 124 valence electrons. The molecule has 3 rings (SSSR count). The standard InChI is InChI=1S/C15H14N2O3S.2ClH/c18-14(17-8-7-10(9-17)15(19)20)6-5-13-16-11-3-1-2-4-12(11)21-13;;/h1-6,10H,7-9H2,(H,19,20);2*1H. The molecule has 0 saturated carbocycles. The van der Waals surface area contributed by atoms with Gasteiger partial charge in [0, 0.05) is 19.2 Å². The van der Waals surface area contributed by atoms with Gasteiger partial charge in [0.1, 0.15) is 5.01 Å². The lowest BCUT2D eigenvalue weighted by Gasteiger charge is -2.12. The molecule has 1 aromatic heterocycles. The van der Waals surface area contributed by atoms with Crippen molar-refractivity contribution in [3.05, 3.63) is 35.3 Å². The van der Waals surface area contributed by atoms with Crippen LogP contribution >= 0.6 is 36.2 Å². The zero-order chi connectivity index (χ0) is 14.8. The van der Waals surface area contributed by atoms with Gasteiger partial charge in [-0.1, -0.05) is 12.1 Å². The van der Waals surface area contributed by atoms with Crippen molar-refractivity contribution in [1.29, 1.82) is 0 Å². The lowest BCUT2D eigenvalue weighted by atomic mass is 10.1. The van der Waals surface area contributed by atoms with Crippen LogP contribution in [-0.2, 0) is 9.59 Å². The number of nitrogens with zero attached hydrogens (tertiary/aromatic N) is 2. The second-order valence-electron chi connectivity index (χ2n) is 4.96. The third kappa shape index (κ3) is 4.43. The molecule has 1 atom stereocenters. The molecule has 0 aliphatic carbocycles. The van der Waals surface area contributed by atoms with Gasteiger partial charge in [-0.2, -0.15) is 0 Å². The van der Waals surface area contributed by atoms with E-state index in [9.17, 15) is 9.59 Å². The highest BCUT2D eigenvalue weighted by molar-refractivity contribution is 7.19. The van der Waals surface area contributed by atoms with Crippen LogP contribution in [0.25, 0.3) is 16.3 Å². The Labute approximate surface area is 149 Å². The maximum Gasteiger partial charge on any atom is 0.308 e. The monoisotopic (exact) mass is 374 g/mol. The number of carbonyl (C=O) groups is 2. The number of benzene rings is 1. The minimum Gasteiger partial charge on any atom is -0.481 e. The highest BCUT2D eigenvalue weighted by Crippen LogP contribution is 2.23. The van der Waals surface area contributed by atoms with Crippen molar-refractivity contribution >= 4 is 64.3 Å². The topological polar surface area (TPSA) is 70.5 Å². The summed E-state index contributed by atoms with van der Waals surface area (Å²) in [6.45, 7) is 0.790. The van der Waals surface area contributed by atoms with Crippen LogP contribution in [0.5, 0.6) is 0 Å². The number of fused-ring (bicyclic) bond motifs is 1. The predicted molar refractivity (Wildman–Crippen MR) is 95.5 cm³/mol. The first-order valence-corrected chi connectivity index (χ1v) is 7.50. The van der Waals surface area contributed by atoms with E-state index >= 15 is 0 Å². The first kappa shape index (κ1) is 19.4. The number of carboxylic acid groups (broad SMARTS) is 1. The van der Waals surface area contributed by atoms with E-state index in [4.69, 9.17) is 5.11 Å². The van der Waals surface area contributed by atoms with Crippen LogP contribution in [0.15, 0.2) is 30.3 Å². The molecule has 23 heavy (non-hydrogen) atoms. The second-order valence-corrected chi connectivity index (χ2v) is 6.02. The van der Waals surface area contributed by atoms with Crippen molar-refractivity contribution in [1.82, 2.24) is 9.88 Å². The number of halogens is 2. The zero-order valence-electron chi connectivity index (χ0n) is 12.0. The SMILES string of the molecule is Cl.Cl.O=C(O)C1CCN(C(=O)C=Cc2nc3ccccc3s2)C1. The Morgan fingerprint density at radius 1 is 1.30 bits per heavy atom. The molecule has 8 heteroatoms. The highest BCUT2D eigenvalue weighted by Gasteiger charge is 2.29. The summed E-state index contributed by atoms with van der Waals surface area (Å²) in [5.41, 5.74) is 0.918. The van der Waals surface area contributed by atoms with E-state index in [2.05, 4.69) is 4.98 Å². The van der Waals surface area contributed by atoms with Gasteiger partial charge < -0.3 is 10.0 Å². The average Bonchev–Trinajstić information content (AvgIpc) is 3.11. The first-order valence-electron chi connectivity index (χ1n) is 6.69. The summed E-state index contributed by atoms with van der Waals surface area (Å²) in [5, 5.41) is 9.71. The van der Waals surface area contributed by atoms with Crippen LogP contribution in [0.2, 0.25) is 0 Å². The van der Waals surface area contributed by atoms with E-state index in [1.54, 1.807) is 11.0 Å². The molecule has 0 radical (unpaired) electrons. The van der Waals surface area contributed by atoms with Gasteiger partial charge in [0.25, 0.3) is 0 Å². The van der Waals surface area contributed by atoms with Crippen LogP contribution < -0.4 is 0 Å². The molecule has 1 aromatic carbocycles. The summed E-state index contributed by atoms with van der Waals surface area (Å²) in [7, 11) is 0. The predicted octanol–water partition coefficient (Wildman–Crippen LogP) is 3.09. The third-order valence-corrected chi connectivity index (χ3v) is 4.53. The van der Waals surface area contributed by atoms with Crippen LogP contribution in [0, 0.1) is 5.92 Å². The quantitative estimate of drug-likeness (QED) is 0.837. The molecule has 2 aromatic rings. The largest absolute Gasteiger partial charge is 0.481 e. The van der Waals surface area contributed by atoms with Crippen LogP contribution in [0.4, 0.5) is 0 Å². The second kappa shape index (κ2) is 8.29. The summed E-state index contributed by atoms with van der Waals surface area (Å²) in [5.74, 6) is -1.43. The molecule has 1 amide bonds. The van der Waals surface area contributed by atoms with Crippen molar-refractivity contribution in [3.63, 3.8) is 0 Å². The summed E-state index contributed by atoms with van der Waals surface area (Å²) >= 11 is 1.52. The Kier molecular flexibility index (Phi) is 7.00. The van der Waals surface area contributed by atoms with Gasteiger partial charge in [-0.05, 0) is 24.6 Å². The molecular weight excluding hydrogens is 359 g/mol. The minimum atomic E-state index is -0.833. The number of carboxylic acids is 1. The van der Waals surface area contributed by atoms with E-state index in [1.807, 2.05) is 24.3 Å². The molecule has 1 aliphatic rings. The van der Waals surface area contributed by atoms with Crippen molar-refractivity contribution in [3.8, 4) is 0 Å². The van der Waals surface area contributed by atoms with Gasteiger partial charge in [0.15, 0.2) is 0 Å². The Hall–Kier alpha value is -1.63. The number of aliphatic carboxylic acids is 1. The zero-order valence-corrected chi connectivity index (χ0v) is 14.5. The van der Waals surface area contributed by atoms with Gasteiger partial charge in [-0.25, -0.2) is 4.98 Å². The molecule has 1 fully saturated rings. The maximum absolute atomic E-state index is 12.0. The lowest BCUT2D eigenvalue weighted by Crippen LogP contribution is -2.28. The van der Waals surface area contributed by atoms with Crippen molar-refractivity contribution in [2.75, 3.05) is 13.1 Å². The van der Waals surface area contributed by atoms with Gasteiger partial charge in [-0.15, -0.1) is 36.2 Å². The van der Waals surface area contributed by atoms with E-state index in [0.717, 1.165) is 15.2 Å². The number of amides is 1. The molecule has 1 aliphatic heterocycles.